The highest BCUT2D eigenvalue weighted by Crippen LogP contribution is 1.97. The number of aliphatic hydroxyl groups is 1. The predicted octanol–water partition coefficient (Wildman–Crippen LogP) is 4.50. The molecule has 0 bridgehead atoms. The van der Waals surface area contributed by atoms with Gasteiger partial charge in [0.25, 0.3) is 0 Å². The Hall–Kier alpha value is -2.46. The van der Waals surface area contributed by atoms with Crippen LogP contribution < -0.4 is 0 Å². The van der Waals surface area contributed by atoms with Crippen LogP contribution in [0, 0.1) is 0 Å². The van der Waals surface area contributed by atoms with Crippen molar-refractivity contribution in [2.24, 2.45) is 0 Å². The largest absolute Gasteiger partial charge is 0.461 e. The molecular weight excluding hydrogens is 316 g/mol. The lowest BCUT2D eigenvalue weighted by atomic mass is 10.2. The smallest absolute Gasteiger partial charge is 0.309 e. The van der Waals surface area contributed by atoms with Gasteiger partial charge in [0.2, 0.25) is 0 Å². The molecule has 4 heteroatoms. The molecule has 0 aromatic carbocycles. The van der Waals surface area contributed by atoms with Crippen LogP contribution in [-0.4, -0.2) is 29.6 Å². The SMILES string of the molecule is C=CCC(=O)CC=C.C=CCC(O)CC=C.C=CCOC(=O)CC=C. The minimum Gasteiger partial charge on any atom is -0.461 e. The van der Waals surface area contributed by atoms with Gasteiger partial charge in [-0.15, -0.1) is 32.9 Å². The molecule has 0 aromatic rings. The number of hydrogen-bond acceptors (Lipinski definition) is 4. The fourth-order valence-electron chi connectivity index (χ4n) is 1.21. The number of esters is 1. The van der Waals surface area contributed by atoms with Crippen LogP contribution in [0.25, 0.3) is 0 Å². The summed E-state index contributed by atoms with van der Waals surface area (Å²) < 4.78 is 4.60. The third-order valence-corrected chi connectivity index (χ3v) is 2.29. The molecule has 0 saturated heterocycles. The Kier molecular flexibility index (Phi) is 26.1. The van der Waals surface area contributed by atoms with Gasteiger partial charge in [-0.3, -0.25) is 9.59 Å². The molecule has 0 spiro atoms. The second-order valence-electron chi connectivity index (χ2n) is 4.69. The number of ether oxygens (including phenoxy) is 1. The number of carbonyl (C=O) groups is 2. The Bertz CT molecular complexity index is 400. The minimum atomic E-state index is -0.273. The third-order valence-electron chi connectivity index (χ3n) is 2.29. The Labute approximate surface area is 152 Å². The van der Waals surface area contributed by atoms with Gasteiger partial charge in [-0.05, 0) is 12.8 Å². The highest BCUT2D eigenvalue weighted by atomic mass is 16.5. The average Bonchev–Trinajstić information content (AvgIpc) is 2.55. The zero-order chi connectivity index (χ0) is 19.9. The first-order chi connectivity index (χ1) is 11.9. The Morgan fingerprint density at radius 1 is 0.760 bits per heavy atom. The maximum absolute atomic E-state index is 10.5. The van der Waals surface area contributed by atoms with Gasteiger partial charge < -0.3 is 9.84 Å². The second kappa shape index (κ2) is 23.8. The van der Waals surface area contributed by atoms with E-state index in [1.54, 1.807) is 24.3 Å². The van der Waals surface area contributed by atoms with E-state index in [2.05, 4.69) is 44.2 Å². The fraction of sp³-hybridized carbons (Fsp3) is 0.333. The number of ketones is 1. The minimum absolute atomic E-state index is 0.176. The van der Waals surface area contributed by atoms with E-state index in [0.717, 1.165) is 0 Å². The molecular formula is C21H32O4. The van der Waals surface area contributed by atoms with Crippen molar-refractivity contribution in [2.75, 3.05) is 6.61 Å². The maximum Gasteiger partial charge on any atom is 0.309 e. The summed E-state index contributed by atoms with van der Waals surface area (Å²) in [5.74, 6) is -0.0834. The maximum atomic E-state index is 10.5. The molecule has 0 rings (SSSR count). The van der Waals surface area contributed by atoms with Crippen molar-refractivity contribution in [1.29, 1.82) is 0 Å². The second-order valence-corrected chi connectivity index (χ2v) is 4.69. The monoisotopic (exact) mass is 348 g/mol. The summed E-state index contributed by atoms with van der Waals surface area (Å²) in [7, 11) is 0. The van der Waals surface area contributed by atoms with E-state index in [-0.39, 0.29) is 30.9 Å². The standard InChI is InChI=1S/C7H10O2.C7H12O.C7H10O/c1-3-5-7(8)9-6-4-2;2*1-3-5-7(8)6-4-2/h3-4H,1-2,5-6H2;3-4,7-8H,1-2,5-6H2;3-4H,1-2,5-6H2. The highest BCUT2D eigenvalue weighted by Gasteiger charge is 1.95. The Morgan fingerprint density at radius 2 is 1.20 bits per heavy atom. The van der Waals surface area contributed by atoms with Gasteiger partial charge >= 0.3 is 5.97 Å². The van der Waals surface area contributed by atoms with Gasteiger partial charge in [0.1, 0.15) is 12.4 Å². The molecule has 0 saturated carbocycles. The normalized spacial score (nSPS) is 8.40. The molecule has 0 aromatic heterocycles. The molecule has 0 amide bonds. The molecule has 25 heavy (non-hydrogen) atoms. The summed E-state index contributed by atoms with van der Waals surface area (Å²) in [5.41, 5.74) is 0. The predicted molar refractivity (Wildman–Crippen MR) is 106 cm³/mol. The first-order valence-corrected chi connectivity index (χ1v) is 7.94. The molecule has 0 heterocycles. The topological polar surface area (TPSA) is 63.6 Å². The van der Waals surface area contributed by atoms with Gasteiger partial charge in [0.05, 0.1) is 12.5 Å². The number of allylic oxidation sites excluding steroid dienone is 2. The van der Waals surface area contributed by atoms with E-state index in [0.29, 0.717) is 25.7 Å². The zero-order valence-electron chi connectivity index (χ0n) is 15.2. The molecule has 0 fully saturated rings. The van der Waals surface area contributed by atoms with Crippen LogP contribution in [0.4, 0.5) is 0 Å². The number of carbonyl (C=O) groups excluding carboxylic acids is 2. The van der Waals surface area contributed by atoms with E-state index < -0.39 is 0 Å². The van der Waals surface area contributed by atoms with Crippen LogP contribution in [0.5, 0.6) is 0 Å². The number of rotatable bonds is 12. The third kappa shape index (κ3) is 30.1. The molecule has 0 aliphatic heterocycles. The molecule has 140 valence electrons. The summed E-state index contributed by atoms with van der Waals surface area (Å²) in [6, 6.07) is 0. The van der Waals surface area contributed by atoms with Gasteiger partial charge in [-0.1, -0.05) is 43.0 Å². The van der Waals surface area contributed by atoms with E-state index >= 15 is 0 Å². The lowest BCUT2D eigenvalue weighted by Crippen LogP contribution is -2.01. The van der Waals surface area contributed by atoms with E-state index in [1.807, 2.05) is 0 Å². The molecule has 0 atom stereocenters. The lowest BCUT2D eigenvalue weighted by Gasteiger charge is -2.00. The molecule has 1 N–H and O–H groups in total. The van der Waals surface area contributed by atoms with Crippen LogP contribution in [-0.2, 0) is 14.3 Å². The van der Waals surface area contributed by atoms with Crippen LogP contribution in [0.1, 0.15) is 32.1 Å². The molecule has 0 aliphatic carbocycles. The Morgan fingerprint density at radius 3 is 1.52 bits per heavy atom. The Balaban J connectivity index is -0.000000291. The summed E-state index contributed by atoms with van der Waals surface area (Å²) in [6.07, 6.45) is 11.9. The van der Waals surface area contributed by atoms with Crippen LogP contribution in [0.15, 0.2) is 75.9 Å². The fourth-order valence-corrected chi connectivity index (χ4v) is 1.21. The van der Waals surface area contributed by atoms with Gasteiger partial charge in [-0.25, -0.2) is 0 Å². The lowest BCUT2D eigenvalue weighted by molar-refractivity contribution is -0.141. The summed E-state index contributed by atoms with van der Waals surface area (Å²) in [6.45, 7) is 20.9. The molecule has 0 aliphatic rings. The van der Waals surface area contributed by atoms with Gasteiger partial charge in [0.15, 0.2) is 0 Å². The number of Topliss-reactive ketones (excluding diaryl/α,β-unsaturated/α-hetero) is 1. The number of hydrogen-bond donors (Lipinski definition) is 1. The molecule has 0 unspecified atom stereocenters. The van der Waals surface area contributed by atoms with Crippen molar-refractivity contribution < 1.29 is 19.4 Å². The van der Waals surface area contributed by atoms with Crippen LogP contribution in [0.2, 0.25) is 0 Å². The first-order valence-electron chi connectivity index (χ1n) is 7.94. The van der Waals surface area contributed by atoms with Crippen LogP contribution >= 0.6 is 0 Å². The molecule has 4 nitrogen and oxygen atoms in total. The molecule has 0 radical (unpaired) electrons. The summed E-state index contributed by atoms with van der Waals surface area (Å²) in [5, 5.41) is 8.91. The quantitative estimate of drug-likeness (QED) is 0.417. The van der Waals surface area contributed by atoms with Crippen molar-refractivity contribution in [3.8, 4) is 0 Å². The highest BCUT2D eigenvalue weighted by molar-refractivity contribution is 5.80. The van der Waals surface area contributed by atoms with Crippen molar-refractivity contribution in [1.82, 2.24) is 0 Å². The van der Waals surface area contributed by atoms with Gasteiger partial charge in [-0.2, -0.15) is 0 Å². The van der Waals surface area contributed by atoms with Crippen molar-refractivity contribution in [3.63, 3.8) is 0 Å². The van der Waals surface area contributed by atoms with E-state index in [1.165, 1.54) is 12.2 Å². The zero-order valence-corrected chi connectivity index (χ0v) is 15.2. The van der Waals surface area contributed by atoms with Crippen molar-refractivity contribution >= 4 is 11.8 Å². The van der Waals surface area contributed by atoms with E-state index in [9.17, 15) is 9.59 Å². The van der Waals surface area contributed by atoms with E-state index in [4.69, 9.17) is 5.11 Å². The summed E-state index contributed by atoms with van der Waals surface area (Å²) >= 11 is 0. The first kappa shape index (κ1) is 27.4. The number of aliphatic hydroxyl groups excluding tert-OH is 1. The van der Waals surface area contributed by atoms with Gasteiger partial charge in [0, 0.05) is 12.8 Å². The van der Waals surface area contributed by atoms with Crippen molar-refractivity contribution in [2.45, 2.75) is 38.2 Å². The van der Waals surface area contributed by atoms with Crippen LogP contribution in [0.3, 0.4) is 0 Å². The summed E-state index contributed by atoms with van der Waals surface area (Å²) in [4.78, 5) is 21.0. The average molecular weight is 348 g/mol. The van der Waals surface area contributed by atoms with Crippen molar-refractivity contribution in [3.05, 3.63) is 75.9 Å².